The van der Waals surface area contributed by atoms with Crippen LogP contribution >= 0.6 is 0 Å². The SMILES string of the molecule is CCCCCOc1cc(CCCN)ccc1OC. The summed E-state index contributed by atoms with van der Waals surface area (Å²) >= 11 is 0. The van der Waals surface area contributed by atoms with Gasteiger partial charge >= 0.3 is 0 Å². The Labute approximate surface area is 110 Å². The highest BCUT2D eigenvalue weighted by Crippen LogP contribution is 2.28. The first-order chi connectivity index (χ1) is 8.81. The van der Waals surface area contributed by atoms with Gasteiger partial charge in [-0.3, -0.25) is 0 Å². The van der Waals surface area contributed by atoms with Crippen LogP contribution in [0.5, 0.6) is 11.5 Å². The zero-order valence-electron chi connectivity index (χ0n) is 11.6. The molecule has 0 aliphatic carbocycles. The summed E-state index contributed by atoms with van der Waals surface area (Å²) in [5, 5.41) is 0. The number of methoxy groups -OCH3 is 1. The van der Waals surface area contributed by atoms with Gasteiger partial charge in [0.25, 0.3) is 0 Å². The summed E-state index contributed by atoms with van der Waals surface area (Å²) in [5.41, 5.74) is 6.78. The van der Waals surface area contributed by atoms with E-state index in [-0.39, 0.29) is 0 Å². The number of hydrogen-bond donors (Lipinski definition) is 1. The minimum Gasteiger partial charge on any atom is -0.493 e. The predicted octanol–water partition coefficient (Wildman–Crippen LogP) is 3.16. The van der Waals surface area contributed by atoms with Crippen molar-refractivity contribution in [3.05, 3.63) is 23.8 Å². The smallest absolute Gasteiger partial charge is 0.161 e. The maximum absolute atomic E-state index is 5.79. The minimum atomic E-state index is 0.721. The highest BCUT2D eigenvalue weighted by Gasteiger charge is 2.05. The summed E-state index contributed by atoms with van der Waals surface area (Å²) < 4.78 is 11.1. The fourth-order valence-corrected chi connectivity index (χ4v) is 1.83. The lowest BCUT2D eigenvalue weighted by molar-refractivity contribution is 0.285. The van der Waals surface area contributed by atoms with E-state index < -0.39 is 0 Å². The molecule has 0 spiro atoms. The molecule has 3 heteroatoms. The largest absolute Gasteiger partial charge is 0.493 e. The standard InChI is InChI=1S/C15H25NO2/c1-3-4-5-11-18-15-12-13(7-6-10-16)8-9-14(15)17-2/h8-9,12H,3-7,10-11,16H2,1-2H3. The molecule has 2 N–H and O–H groups in total. The first-order valence-electron chi connectivity index (χ1n) is 6.81. The summed E-state index contributed by atoms with van der Waals surface area (Å²) in [7, 11) is 1.67. The normalized spacial score (nSPS) is 10.4. The number of hydrogen-bond acceptors (Lipinski definition) is 3. The van der Waals surface area contributed by atoms with Gasteiger partial charge in [-0.05, 0) is 43.5 Å². The van der Waals surface area contributed by atoms with Crippen LogP contribution in [0.15, 0.2) is 18.2 Å². The lowest BCUT2D eigenvalue weighted by Gasteiger charge is -2.12. The second-order valence-electron chi connectivity index (χ2n) is 4.43. The Balaban J connectivity index is 2.60. The van der Waals surface area contributed by atoms with Gasteiger partial charge in [0.1, 0.15) is 0 Å². The Kier molecular flexibility index (Phi) is 7.26. The average molecular weight is 251 g/mol. The van der Waals surface area contributed by atoms with E-state index in [1.54, 1.807) is 7.11 Å². The number of rotatable bonds is 9. The van der Waals surface area contributed by atoms with Gasteiger partial charge in [-0.15, -0.1) is 0 Å². The molecule has 1 aromatic rings. The zero-order valence-corrected chi connectivity index (χ0v) is 11.6. The van der Waals surface area contributed by atoms with Gasteiger partial charge in [-0.1, -0.05) is 25.8 Å². The number of unbranched alkanes of at least 4 members (excludes halogenated alkanes) is 2. The molecule has 0 atom stereocenters. The molecule has 0 aliphatic rings. The van der Waals surface area contributed by atoms with Gasteiger partial charge in [0.15, 0.2) is 11.5 Å². The van der Waals surface area contributed by atoms with Gasteiger partial charge in [0.05, 0.1) is 13.7 Å². The summed E-state index contributed by atoms with van der Waals surface area (Å²) in [6, 6.07) is 6.12. The van der Waals surface area contributed by atoms with Gasteiger partial charge in [0.2, 0.25) is 0 Å². The van der Waals surface area contributed by atoms with Crippen LogP contribution in [-0.2, 0) is 6.42 Å². The maximum Gasteiger partial charge on any atom is 0.161 e. The van der Waals surface area contributed by atoms with Crippen molar-refractivity contribution in [3.8, 4) is 11.5 Å². The van der Waals surface area contributed by atoms with Crippen LogP contribution in [0.25, 0.3) is 0 Å². The minimum absolute atomic E-state index is 0.721. The molecular formula is C15H25NO2. The van der Waals surface area contributed by atoms with Crippen LogP contribution in [0, 0.1) is 0 Å². The summed E-state index contributed by atoms with van der Waals surface area (Å²) in [5.74, 6) is 1.66. The van der Waals surface area contributed by atoms with Crippen LogP contribution in [0.4, 0.5) is 0 Å². The van der Waals surface area contributed by atoms with E-state index in [0.717, 1.165) is 43.9 Å². The molecule has 0 aliphatic heterocycles. The Morgan fingerprint density at radius 3 is 2.61 bits per heavy atom. The van der Waals surface area contributed by atoms with Crippen molar-refractivity contribution in [2.45, 2.75) is 39.0 Å². The molecule has 0 radical (unpaired) electrons. The molecule has 0 fully saturated rings. The van der Waals surface area contributed by atoms with E-state index in [1.807, 2.05) is 6.07 Å². The molecule has 102 valence electrons. The second kappa shape index (κ2) is 8.81. The average Bonchev–Trinajstić information content (AvgIpc) is 2.41. The Hall–Kier alpha value is -1.22. The second-order valence-corrected chi connectivity index (χ2v) is 4.43. The van der Waals surface area contributed by atoms with E-state index in [2.05, 4.69) is 19.1 Å². The molecule has 0 heterocycles. The topological polar surface area (TPSA) is 44.5 Å². The van der Waals surface area contributed by atoms with Crippen LogP contribution in [0.1, 0.15) is 38.2 Å². The summed E-state index contributed by atoms with van der Waals surface area (Å²) in [4.78, 5) is 0. The molecular weight excluding hydrogens is 226 g/mol. The summed E-state index contributed by atoms with van der Waals surface area (Å²) in [6.07, 6.45) is 5.49. The number of aryl methyl sites for hydroxylation is 1. The van der Waals surface area contributed by atoms with Gasteiger partial charge in [0, 0.05) is 0 Å². The Bertz CT molecular complexity index is 339. The molecule has 0 saturated heterocycles. The zero-order chi connectivity index (χ0) is 13.2. The molecule has 3 nitrogen and oxygen atoms in total. The quantitative estimate of drug-likeness (QED) is 0.686. The fraction of sp³-hybridized carbons (Fsp3) is 0.600. The third-order valence-electron chi connectivity index (χ3n) is 2.90. The molecule has 1 rings (SSSR count). The monoisotopic (exact) mass is 251 g/mol. The first kappa shape index (κ1) is 14.8. The molecule has 1 aromatic carbocycles. The van der Waals surface area contributed by atoms with Crippen LogP contribution in [0.2, 0.25) is 0 Å². The number of ether oxygens (including phenoxy) is 2. The molecule has 0 bridgehead atoms. The first-order valence-corrected chi connectivity index (χ1v) is 6.81. The highest BCUT2D eigenvalue weighted by molar-refractivity contribution is 5.43. The van der Waals surface area contributed by atoms with Gasteiger partial charge < -0.3 is 15.2 Å². The Morgan fingerprint density at radius 2 is 1.94 bits per heavy atom. The fourth-order valence-electron chi connectivity index (χ4n) is 1.83. The molecule has 0 saturated carbocycles. The van der Waals surface area contributed by atoms with Gasteiger partial charge in [-0.2, -0.15) is 0 Å². The summed E-state index contributed by atoms with van der Waals surface area (Å²) in [6.45, 7) is 3.66. The lowest BCUT2D eigenvalue weighted by Crippen LogP contribution is -2.02. The van der Waals surface area contributed by atoms with E-state index in [4.69, 9.17) is 15.2 Å². The molecule has 18 heavy (non-hydrogen) atoms. The van der Waals surface area contributed by atoms with E-state index in [9.17, 15) is 0 Å². The van der Waals surface area contributed by atoms with Crippen molar-refractivity contribution >= 4 is 0 Å². The van der Waals surface area contributed by atoms with Crippen molar-refractivity contribution in [2.24, 2.45) is 5.73 Å². The van der Waals surface area contributed by atoms with Crippen molar-refractivity contribution < 1.29 is 9.47 Å². The molecule has 0 amide bonds. The highest BCUT2D eigenvalue weighted by atomic mass is 16.5. The maximum atomic E-state index is 5.79. The van der Waals surface area contributed by atoms with Crippen molar-refractivity contribution in [2.75, 3.05) is 20.3 Å². The van der Waals surface area contributed by atoms with Crippen LogP contribution in [0.3, 0.4) is 0 Å². The van der Waals surface area contributed by atoms with Crippen LogP contribution < -0.4 is 15.2 Å². The van der Waals surface area contributed by atoms with E-state index >= 15 is 0 Å². The molecule has 0 aromatic heterocycles. The van der Waals surface area contributed by atoms with E-state index in [1.165, 1.54) is 18.4 Å². The third-order valence-corrected chi connectivity index (χ3v) is 2.90. The van der Waals surface area contributed by atoms with Crippen LogP contribution in [-0.4, -0.2) is 20.3 Å². The Morgan fingerprint density at radius 1 is 1.11 bits per heavy atom. The predicted molar refractivity (Wildman–Crippen MR) is 75.4 cm³/mol. The molecule has 0 unspecified atom stereocenters. The van der Waals surface area contributed by atoms with Gasteiger partial charge in [-0.25, -0.2) is 0 Å². The van der Waals surface area contributed by atoms with Crippen molar-refractivity contribution in [1.29, 1.82) is 0 Å². The van der Waals surface area contributed by atoms with Crippen molar-refractivity contribution in [1.82, 2.24) is 0 Å². The number of benzene rings is 1. The lowest BCUT2D eigenvalue weighted by atomic mass is 10.1. The van der Waals surface area contributed by atoms with E-state index in [0.29, 0.717) is 0 Å². The number of nitrogens with two attached hydrogens (primary N) is 1. The van der Waals surface area contributed by atoms with Crippen molar-refractivity contribution in [3.63, 3.8) is 0 Å². The third kappa shape index (κ3) is 4.96.